The van der Waals surface area contributed by atoms with Crippen LogP contribution >= 0.6 is 0 Å². The summed E-state index contributed by atoms with van der Waals surface area (Å²) in [5.74, 6) is -1.64. The Hall–Kier alpha value is -2.82. The molecule has 0 saturated carbocycles. The van der Waals surface area contributed by atoms with Gasteiger partial charge in [0.25, 0.3) is 0 Å². The first kappa shape index (κ1) is 26.8. The van der Waals surface area contributed by atoms with E-state index < -0.39 is 35.7 Å². The summed E-state index contributed by atoms with van der Waals surface area (Å²) in [4.78, 5) is 26.1. The molecule has 4 atom stereocenters. The highest BCUT2D eigenvalue weighted by atomic mass is 19.4. The van der Waals surface area contributed by atoms with E-state index in [1.807, 2.05) is 25.7 Å². The van der Waals surface area contributed by atoms with E-state index in [1.54, 1.807) is 4.90 Å². The van der Waals surface area contributed by atoms with Gasteiger partial charge in [-0.15, -0.1) is 0 Å². The first-order valence-electron chi connectivity index (χ1n) is 13.0. The van der Waals surface area contributed by atoms with Gasteiger partial charge in [-0.1, -0.05) is 13.0 Å². The lowest BCUT2D eigenvalue weighted by atomic mass is 9.87. The number of halogens is 5. The topological polar surface area (TPSA) is 61.4 Å². The molecule has 3 aliphatic rings. The molecule has 11 heteroatoms. The van der Waals surface area contributed by atoms with Crippen LogP contribution in [0.5, 0.6) is 0 Å². The minimum atomic E-state index is -4.68. The molecule has 2 aromatic rings. The number of fused-ring (bicyclic) bond motifs is 1. The quantitative estimate of drug-likeness (QED) is 0.549. The molecule has 1 aliphatic carbocycles. The van der Waals surface area contributed by atoms with Crippen LogP contribution < -0.4 is 10.2 Å². The van der Waals surface area contributed by atoms with Gasteiger partial charge in [0.1, 0.15) is 24.1 Å². The van der Waals surface area contributed by atoms with Crippen LogP contribution in [0.3, 0.4) is 0 Å². The maximum Gasteiger partial charge on any atom is 0.416 e. The van der Waals surface area contributed by atoms with Crippen molar-refractivity contribution in [3.63, 3.8) is 0 Å². The zero-order valence-corrected chi connectivity index (χ0v) is 21.7. The molecule has 38 heavy (non-hydrogen) atoms. The van der Waals surface area contributed by atoms with Crippen LogP contribution in [0.4, 0.5) is 27.8 Å². The number of alkyl halides is 4. The van der Waals surface area contributed by atoms with E-state index in [-0.39, 0.29) is 22.9 Å². The number of carbonyl (C=O) groups excluding carboxylic acids is 1. The van der Waals surface area contributed by atoms with Crippen molar-refractivity contribution in [2.75, 3.05) is 31.1 Å². The SMILES string of the molecule is C[C@@H]1CC(F)c2ncnc(N3CCN(C(=O)[C@@H](c4ccc(C(F)(F)F)cc4F)[C@@H]4CCC(C)(C)N4)CC3)c21. The summed E-state index contributed by atoms with van der Waals surface area (Å²) in [5.41, 5.74) is -0.157. The number of piperazine rings is 1. The number of rotatable bonds is 4. The van der Waals surface area contributed by atoms with E-state index >= 15 is 4.39 Å². The summed E-state index contributed by atoms with van der Waals surface area (Å²) in [6, 6.07) is 2.01. The number of nitrogens with zero attached hydrogens (tertiary/aromatic N) is 4. The molecule has 0 bridgehead atoms. The number of anilines is 1. The Labute approximate surface area is 218 Å². The molecule has 6 nitrogen and oxygen atoms in total. The fourth-order valence-electron chi connectivity index (χ4n) is 6.14. The normalized spacial score (nSPS) is 25.9. The average molecular weight is 538 g/mol. The van der Waals surface area contributed by atoms with E-state index in [4.69, 9.17) is 0 Å². The second-order valence-corrected chi connectivity index (χ2v) is 11.3. The maximum atomic E-state index is 15.1. The Morgan fingerprint density at radius 3 is 2.47 bits per heavy atom. The summed E-state index contributed by atoms with van der Waals surface area (Å²) in [6.45, 7) is 7.48. The molecule has 1 N–H and O–H groups in total. The predicted molar refractivity (Wildman–Crippen MR) is 132 cm³/mol. The zero-order chi connectivity index (χ0) is 27.4. The molecule has 1 aromatic heterocycles. The summed E-state index contributed by atoms with van der Waals surface area (Å²) < 4.78 is 69.0. The van der Waals surface area contributed by atoms with Gasteiger partial charge in [0.15, 0.2) is 0 Å². The number of benzene rings is 1. The predicted octanol–water partition coefficient (Wildman–Crippen LogP) is 5.12. The van der Waals surface area contributed by atoms with Crippen LogP contribution in [0.2, 0.25) is 0 Å². The van der Waals surface area contributed by atoms with E-state index in [9.17, 15) is 22.4 Å². The number of nitrogens with one attached hydrogen (secondary N) is 1. The van der Waals surface area contributed by atoms with Gasteiger partial charge in [-0.05, 0) is 51.2 Å². The van der Waals surface area contributed by atoms with Crippen LogP contribution in [-0.4, -0.2) is 58.5 Å². The fraction of sp³-hybridized carbons (Fsp3) is 0.593. The van der Waals surface area contributed by atoms with Crippen molar-refractivity contribution in [1.29, 1.82) is 0 Å². The minimum Gasteiger partial charge on any atom is -0.353 e. The molecule has 0 radical (unpaired) electrons. The number of hydrogen-bond acceptors (Lipinski definition) is 5. The van der Waals surface area contributed by atoms with Crippen LogP contribution in [-0.2, 0) is 11.0 Å². The third-order valence-electron chi connectivity index (χ3n) is 8.12. The smallest absolute Gasteiger partial charge is 0.353 e. The number of aromatic nitrogens is 2. The Morgan fingerprint density at radius 2 is 1.87 bits per heavy atom. The zero-order valence-electron chi connectivity index (χ0n) is 21.7. The fourth-order valence-corrected chi connectivity index (χ4v) is 6.14. The van der Waals surface area contributed by atoms with Crippen LogP contribution in [0.25, 0.3) is 0 Å². The highest BCUT2D eigenvalue weighted by Gasteiger charge is 2.43. The Balaban J connectivity index is 1.38. The van der Waals surface area contributed by atoms with Gasteiger partial charge in [0.05, 0.1) is 17.2 Å². The van der Waals surface area contributed by atoms with Crippen molar-refractivity contribution >= 4 is 11.7 Å². The molecule has 1 unspecified atom stereocenters. The highest BCUT2D eigenvalue weighted by molar-refractivity contribution is 5.85. The molecule has 0 spiro atoms. The van der Waals surface area contributed by atoms with Crippen molar-refractivity contribution in [1.82, 2.24) is 20.2 Å². The molecule has 2 saturated heterocycles. The number of carbonyl (C=O) groups is 1. The van der Waals surface area contributed by atoms with Crippen molar-refractivity contribution in [3.8, 4) is 0 Å². The van der Waals surface area contributed by atoms with Crippen LogP contribution in [0.15, 0.2) is 24.5 Å². The minimum absolute atomic E-state index is 0.0142. The molecular formula is C27H32F5N5O. The molecule has 2 aliphatic heterocycles. The Kier molecular flexibility index (Phi) is 6.86. The molecule has 2 fully saturated rings. The monoisotopic (exact) mass is 537 g/mol. The Bertz CT molecular complexity index is 1210. The van der Waals surface area contributed by atoms with Crippen LogP contribution in [0.1, 0.15) is 80.4 Å². The number of amides is 1. The van der Waals surface area contributed by atoms with Gasteiger partial charge >= 0.3 is 6.18 Å². The van der Waals surface area contributed by atoms with Gasteiger partial charge in [-0.2, -0.15) is 13.2 Å². The van der Waals surface area contributed by atoms with Gasteiger partial charge in [-0.3, -0.25) is 4.79 Å². The van der Waals surface area contributed by atoms with Gasteiger partial charge in [0, 0.05) is 48.9 Å². The number of hydrogen-bond donors (Lipinski definition) is 1. The first-order chi connectivity index (χ1) is 17.9. The third kappa shape index (κ3) is 4.97. The largest absolute Gasteiger partial charge is 0.416 e. The summed E-state index contributed by atoms with van der Waals surface area (Å²) in [7, 11) is 0. The van der Waals surface area contributed by atoms with Gasteiger partial charge in [0.2, 0.25) is 5.91 Å². The van der Waals surface area contributed by atoms with E-state index in [2.05, 4.69) is 15.3 Å². The maximum absolute atomic E-state index is 15.1. The Morgan fingerprint density at radius 1 is 1.16 bits per heavy atom. The highest BCUT2D eigenvalue weighted by Crippen LogP contribution is 2.45. The molecule has 1 aromatic carbocycles. The van der Waals surface area contributed by atoms with Crippen molar-refractivity contribution < 1.29 is 26.7 Å². The lowest BCUT2D eigenvalue weighted by Gasteiger charge is -2.39. The summed E-state index contributed by atoms with van der Waals surface area (Å²) in [6.07, 6.45) is -2.71. The molecule has 5 rings (SSSR count). The van der Waals surface area contributed by atoms with Crippen LogP contribution in [0, 0.1) is 5.82 Å². The third-order valence-corrected chi connectivity index (χ3v) is 8.12. The van der Waals surface area contributed by atoms with E-state index in [1.165, 1.54) is 6.33 Å². The average Bonchev–Trinajstić information content (AvgIpc) is 3.37. The van der Waals surface area contributed by atoms with Gasteiger partial charge in [-0.25, -0.2) is 18.7 Å². The van der Waals surface area contributed by atoms with Gasteiger partial charge < -0.3 is 15.1 Å². The van der Waals surface area contributed by atoms with Crippen molar-refractivity contribution in [2.24, 2.45) is 0 Å². The first-order valence-corrected chi connectivity index (χ1v) is 13.0. The second-order valence-electron chi connectivity index (χ2n) is 11.3. The molecule has 206 valence electrons. The van der Waals surface area contributed by atoms with E-state index in [0.717, 1.165) is 24.1 Å². The molecule has 3 heterocycles. The lowest BCUT2D eigenvalue weighted by molar-refractivity contribution is -0.137. The summed E-state index contributed by atoms with van der Waals surface area (Å²) >= 11 is 0. The van der Waals surface area contributed by atoms with E-state index in [0.29, 0.717) is 56.6 Å². The molecule has 1 amide bonds. The van der Waals surface area contributed by atoms with Crippen molar-refractivity contribution in [2.45, 2.75) is 75.8 Å². The second kappa shape index (κ2) is 9.73. The molecular weight excluding hydrogens is 505 g/mol. The lowest BCUT2D eigenvalue weighted by Crippen LogP contribution is -2.53. The standard InChI is InChI=1S/C27H32F5N5O/c1-15-12-19(29)23-21(15)24(34-14-33-23)36-8-10-37(11-9-36)25(38)22(20-6-7-26(2,3)35-20)17-5-4-16(13-18(17)28)27(30,31)32/h4-5,13-15,19-20,22,35H,6-12H2,1-3H3/t15-,19?,20+,22+/m1/s1. The van der Waals surface area contributed by atoms with Crippen molar-refractivity contribution in [3.05, 3.63) is 52.7 Å². The summed E-state index contributed by atoms with van der Waals surface area (Å²) in [5, 5.41) is 3.39.